The van der Waals surface area contributed by atoms with Crippen molar-refractivity contribution < 1.29 is 19.1 Å². The van der Waals surface area contributed by atoms with Gasteiger partial charge in [0.05, 0.1) is 19.1 Å². The van der Waals surface area contributed by atoms with Crippen molar-refractivity contribution in [3.8, 4) is 11.5 Å². The summed E-state index contributed by atoms with van der Waals surface area (Å²) in [4.78, 5) is 25.9. The molecule has 27 heavy (non-hydrogen) atoms. The third-order valence-corrected chi connectivity index (χ3v) is 5.64. The van der Waals surface area contributed by atoms with Gasteiger partial charge in [0, 0.05) is 11.4 Å². The Morgan fingerprint density at radius 3 is 2.63 bits per heavy atom. The lowest BCUT2D eigenvalue weighted by molar-refractivity contribution is 0.0940. The topological polar surface area (TPSA) is 88.7 Å². The first kappa shape index (κ1) is 19.0. The molecule has 0 saturated carbocycles. The van der Waals surface area contributed by atoms with Crippen molar-refractivity contribution in [2.75, 3.05) is 20.8 Å². The summed E-state index contributed by atoms with van der Waals surface area (Å²) in [6.07, 6.45) is 3.85. The fourth-order valence-electron chi connectivity index (χ4n) is 3.02. The number of aryl methyl sites for hydroxylation is 2. The number of hydrogen-bond acceptors (Lipinski definition) is 5. The summed E-state index contributed by atoms with van der Waals surface area (Å²) >= 11 is 1.50. The third kappa shape index (κ3) is 4.71. The maximum atomic E-state index is 12.1. The number of hydrogen-bond donors (Lipinski definition) is 3. The average molecular weight is 389 g/mol. The van der Waals surface area contributed by atoms with Gasteiger partial charge in [0.25, 0.3) is 5.91 Å². The highest BCUT2D eigenvalue weighted by atomic mass is 32.1. The number of rotatable bonds is 6. The van der Waals surface area contributed by atoms with Crippen molar-refractivity contribution in [2.24, 2.45) is 0 Å². The lowest BCUT2D eigenvalue weighted by atomic mass is 10.1. The molecule has 3 rings (SSSR count). The van der Waals surface area contributed by atoms with E-state index in [4.69, 9.17) is 9.47 Å². The van der Waals surface area contributed by atoms with E-state index in [1.54, 1.807) is 14.2 Å². The summed E-state index contributed by atoms with van der Waals surface area (Å²) in [7, 11) is 3.17. The standard InChI is InChI=1S/C19H23N3O4S/c1-25-14-7-6-12(10-15(14)26-2)8-9-20-19(24)22-21-18(23)17-11-13-4-3-5-16(13)27-17/h6-7,10-11H,3-5,8-9H2,1-2H3,(H,21,23)(H2,20,22,24). The third-order valence-electron chi connectivity index (χ3n) is 4.41. The molecule has 0 radical (unpaired) electrons. The van der Waals surface area contributed by atoms with E-state index in [2.05, 4.69) is 16.2 Å². The molecule has 0 atom stereocenters. The summed E-state index contributed by atoms with van der Waals surface area (Å²) in [6, 6.07) is 7.08. The van der Waals surface area contributed by atoms with Gasteiger partial charge in [-0.1, -0.05) is 6.07 Å². The number of carbonyl (C=O) groups is 2. The van der Waals surface area contributed by atoms with Crippen LogP contribution < -0.4 is 25.6 Å². The minimum Gasteiger partial charge on any atom is -0.493 e. The number of urea groups is 1. The van der Waals surface area contributed by atoms with Gasteiger partial charge in [0.15, 0.2) is 11.5 Å². The second kappa shape index (κ2) is 8.77. The summed E-state index contributed by atoms with van der Waals surface area (Å²) < 4.78 is 10.5. The molecule has 3 amide bonds. The van der Waals surface area contributed by atoms with Crippen LogP contribution in [0.2, 0.25) is 0 Å². The van der Waals surface area contributed by atoms with Gasteiger partial charge in [0.1, 0.15) is 0 Å². The van der Waals surface area contributed by atoms with Crippen molar-refractivity contribution in [3.05, 3.63) is 45.1 Å². The summed E-state index contributed by atoms with van der Waals surface area (Å²) in [5.41, 5.74) is 7.09. The Morgan fingerprint density at radius 2 is 1.89 bits per heavy atom. The maximum absolute atomic E-state index is 12.1. The molecule has 1 heterocycles. The molecule has 0 saturated heterocycles. The van der Waals surface area contributed by atoms with E-state index in [0.29, 0.717) is 29.3 Å². The molecule has 0 unspecified atom stereocenters. The number of benzene rings is 1. The van der Waals surface area contributed by atoms with Crippen LogP contribution in [0.15, 0.2) is 24.3 Å². The van der Waals surface area contributed by atoms with E-state index in [1.165, 1.54) is 21.8 Å². The number of carbonyl (C=O) groups excluding carboxylic acids is 2. The predicted molar refractivity (Wildman–Crippen MR) is 104 cm³/mol. The molecule has 0 fully saturated rings. The molecule has 0 bridgehead atoms. The first-order valence-electron chi connectivity index (χ1n) is 8.77. The molecule has 1 aromatic heterocycles. The summed E-state index contributed by atoms with van der Waals surface area (Å²) in [6.45, 7) is 0.421. The lowest BCUT2D eigenvalue weighted by Crippen LogP contribution is -2.47. The SMILES string of the molecule is COc1ccc(CCNC(=O)NNC(=O)c2cc3c(s2)CCC3)cc1OC. The van der Waals surface area contributed by atoms with Gasteiger partial charge in [-0.3, -0.25) is 10.2 Å². The molecule has 2 aromatic rings. The number of thiophene rings is 1. The molecule has 8 heteroatoms. The zero-order chi connectivity index (χ0) is 19.2. The fraction of sp³-hybridized carbons (Fsp3) is 0.368. The van der Waals surface area contributed by atoms with E-state index in [-0.39, 0.29) is 5.91 Å². The second-order valence-corrected chi connectivity index (χ2v) is 7.32. The first-order valence-corrected chi connectivity index (χ1v) is 9.59. The van der Waals surface area contributed by atoms with Crippen LogP contribution in [0.5, 0.6) is 11.5 Å². The molecule has 1 aliphatic carbocycles. The molecule has 1 aromatic carbocycles. The van der Waals surface area contributed by atoms with Crippen molar-refractivity contribution in [2.45, 2.75) is 25.7 Å². The molecule has 144 valence electrons. The van der Waals surface area contributed by atoms with Gasteiger partial charge in [-0.25, -0.2) is 10.2 Å². The number of fused-ring (bicyclic) bond motifs is 1. The number of hydrazine groups is 1. The Kier molecular flexibility index (Phi) is 6.18. The molecular formula is C19H23N3O4S. The second-order valence-electron chi connectivity index (χ2n) is 6.19. The Balaban J connectivity index is 1.41. The van der Waals surface area contributed by atoms with Crippen LogP contribution in [0.25, 0.3) is 0 Å². The zero-order valence-electron chi connectivity index (χ0n) is 15.4. The minimum absolute atomic E-state index is 0.288. The smallest absolute Gasteiger partial charge is 0.333 e. The van der Waals surface area contributed by atoms with Crippen molar-refractivity contribution in [1.82, 2.24) is 16.2 Å². The van der Waals surface area contributed by atoms with Crippen molar-refractivity contribution in [3.63, 3.8) is 0 Å². The Labute approximate surface area is 162 Å². The van der Waals surface area contributed by atoms with Crippen LogP contribution in [0.4, 0.5) is 4.79 Å². The van der Waals surface area contributed by atoms with Gasteiger partial charge in [-0.05, 0) is 55.0 Å². The van der Waals surface area contributed by atoms with Gasteiger partial charge in [0.2, 0.25) is 0 Å². The maximum Gasteiger partial charge on any atom is 0.333 e. The molecule has 0 aliphatic heterocycles. The first-order chi connectivity index (χ1) is 13.1. The van der Waals surface area contributed by atoms with E-state index in [0.717, 1.165) is 24.8 Å². The minimum atomic E-state index is -0.451. The van der Waals surface area contributed by atoms with Crippen LogP contribution in [0.1, 0.15) is 32.1 Å². The number of ether oxygens (including phenoxy) is 2. The van der Waals surface area contributed by atoms with Gasteiger partial charge < -0.3 is 14.8 Å². The highest BCUT2D eigenvalue weighted by Gasteiger charge is 2.18. The van der Waals surface area contributed by atoms with Crippen LogP contribution >= 0.6 is 11.3 Å². The Bertz CT molecular complexity index is 813. The normalized spacial score (nSPS) is 12.2. The largest absolute Gasteiger partial charge is 0.493 e. The Morgan fingerprint density at radius 1 is 1.07 bits per heavy atom. The Hall–Kier alpha value is -2.74. The van der Waals surface area contributed by atoms with Gasteiger partial charge >= 0.3 is 6.03 Å². The predicted octanol–water partition coefficient (Wildman–Crippen LogP) is 2.44. The average Bonchev–Trinajstić information content (AvgIpc) is 3.28. The molecule has 1 aliphatic rings. The highest BCUT2D eigenvalue weighted by molar-refractivity contribution is 7.14. The van der Waals surface area contributed by atoms with Gasteiger partial charge in [-0.2, -0.15) is 0 Å². The zero-order valence-corrected chi connectivity index (χ0v) is 16.2. The summed E-state index contributed by atoms with van der Waals surface area (Å²) in [5, 5.41) is 2.71. The number of nitrogens with one attached hydrogen (secondary N) is 3. The number of methoxy groups -OCH3 is 2. The monoisotopic (exact) mass is 389 g/mol. The lowest BCUT2D eigenvalue weighted by Gasteiger charge is -2.11. The van der Waals surface area contributed by atoms with E-state index in [9.17, 15) is 9.59 Å². The quantitative estimate of drug-likeness (QED) is 0.662. The molecule has 7 nitrogen and oxygen atoms in total. The number of amides is 3. The van der Waals surface area contributed by atoms with Crippen LogP contribution in [-0.2, 0) is 19.3 Å². The van der Waals surface area contributed by atoms with Crippen molar-refractivity contribution in [1.29, 1.82) is 0 Å². The fourth-order valence-corrected chi connectivity index (χ4v) is 4.17. The van der Waals surface area contributed by atoms with Gasteiger partial charge in [-0.15, -0.1) is 11.3 Å². The molecule has 0 spiro atoms. The van der Waals surface area contributed by atoms with E-state index in [1.807, 2.05) is 24.3 Å². The van der Waals surface area contributed by atoms with Crippen LogP contribution in [0, 0.1) is 0 Å². The van der Waals surface area contributed by atoms with E-state index >= 15 is 0 Å². The van der Waals surface area contributed by atoms with Crippen molar-refractivity contribution >= 4 is 23.3 Å². The molecule has 3 N–H and O–H groups in total. The molecular weight excluding hydrogens is 366 g/mol. The summed E-state index contributed by atoms with van der Waals surface area (Å²) in [5.74, 6) is 1.02. The van der Waals surface area contributed by atoms with Crippen LogP contribution in [0.3, 0.4) is 0 Å². The van der Waals surface area contributed by atoms with E-state index < -0.39 is 6.03 Å². The van der Waals surface area contributed by atoms with Crippen LogP contribution in [-0.4, -0.2) is 32.7 Å². The highest BCUT2D eigenvalue weighted by Crippen LogP contribution is 2.30.